The Morgan fingerprint density at radius 2 is 1.96 bits per heavy atom. The predicted molar refractivity (Wildman–Crippen MR) is 94.8 cm³/mol. The molecule has 0 saturated heterocycles. The lowest BCUT2D eigenvalue weighted by atomic mass is 10.0. The number of aryl methyl sites for hydroxylation is 1. The quantitative estimate of drug-likeness (QED) is 0.577. The van der Waals surface area contributed by atoms with E-state index in [2.05, 4.69) is 23.0 Å². The SMILES string of the molecule is CSc1nc(-c2ccccc2-c2ccc(C)s2)c(C#N)c(=O)[nH]1. The number of nitrogens with zero attached hydrogens (tertiary/aromatic N) is 2. The minimum absolute atomic E-state index is 0.0449. The summed E-state index contributed by atoms with van der Waals surface area (Å²) in [7, 11) is 0. The van der Waals surface area contributed by atoms with Crippen molar-refractivity contribution in [2.75, 3.05) is 6.26 Å². The number of hydrogen-bond acceptors (Lipinski definition) is 5. The highest BCUT2D eigenvalue weighted by Gasteiger charge is 2.17. The van der Waals surface area contributed by atoms with Gasteiger partial charge >= 0.3 is 0 Å². The van der Waals surface area contributed by atoms with Crippen LogP contribution in [-0.4, -0.2) is 16.2 Å². The number of thioether (sulfide) groups is 1. The second-order valence-corrected chi connectivity index (χ2v) is 6.95. The standard InChI is InChI=1S/C17H13N3OS2/c1-10-7-8-14(23-10)11-5-3-4-6-12(11)15-13(9-18)16(21)20-17(19-15)22-2/h3-8H,1-2H3,(H,19,20,21). The summed E-state index contributed by atoms with van der Waals surface area (Å²) in [5.41, 5.74) is 1.85. The maximum absolute atomic E-state index is 12.1. The molecular formula is C17H13N3OS2. The molecule has 6 heteroatoms. The van der Waals surface area contributed by atoms with Crippen LogP contribution in [0, 0.1) is 18.3 Å². The number of hydrogen-bond donors (Lipinski definition) is 1. The highest BCUT2D eigenvalue weighted by atomic mass is 32.2. The molecule has 1 N–H and O–H groups in total. The molecule has 3 aromatic rings. The van der Waals surface area contributed by atoms with Gasteiger partial charge in [-0.05, 0) is 25.3 Å². The van der Waals surface area contributed by atoms with Gasteiger partial charge in [-0.15, -0.1) is 11.3 Å². The number of H-pyrrole nitrogens is 1. The molecule has 0 aliphatic rings. The molecule has 2 aromatic heterocycles. The Labute approximate surface area is 141 Å². The molecule has 3 rings (SSSR count). The van der Waals surface area contributed by atoms with Gasteiger partial charge in [0, 0.05) is 20.9 Å². The number of benzene rings is 1. The van der Waals surface area contributed by atoms with Crippen molar-refractivity contribution in [3.05, 3.63) is 57.2 Å². The second-order valence-electron chi connectivity index (χ2n) is 4.87. The zero-order chi connectivity index (χ0) is 16.4. The minimum Gasteiger partial charge on any atom is -0.300 e. The Hall–Kier alpha value is -2.36. The van der Waals surface area contributed by atoms with Crippen LogP contribution < -0.4 is 5.56 Å². The number of thiophene rings is 1. The molecule has 4 nitrogen and oxygen atoms in total. The minimum atomic E-state index is -0.404. The molecule has 1 aromatic carbocycles. The highest BCUT2D eigenvalue weighted by molar-refractivity contribution is 7.98. The van der Waals surface area contributed by atoms with Gasteiger partial charge in [0.1, 0.15) is 11.6 Å². The smallest absolute Gasteiger partial charge is 0.270 e. The van der Waals surface area contributed by atoms with Crippen molar-refractivity contribution in [2.24, 2.45) is 0 Å². The third kappa shape index (κ3) is 2.93. The van der Waals surface area contributed by atoms with Crippen molar-refractivity contribution in [3.8, 4) is 27.8 Å². The normalized spacial score (nSPS) is 10.5. The van der Waals surface area contributed by atoms with Crippen molar-refractivity contribution < 1.29 is 0 Å². The molecule has 0 aliphatic heterocycles. The largest absolute Gasteiger partial charge is 0.300 e. The molecule has 0 spiro atoms. The molecule has 0 amide bonds. The van der Waals surface area contributed by atoms with Crippen LogP contribution in [0.5, 0.6) is 0 Å². The van der Waals surface area contributed by atoms with E-state index in [4.69, 9.17) is 0 Å². The summed E-state index contributed by atoms with van der Waals surface area (Å²) in [6.45, 7) is 2.05. The third-order valence-electron chi connectivity index (χ3n) is 3.39. The van der Waals surface area contributed by atoms with E-state index in [9.17, 15) is 10.1 Å². The fraction of sp³-hybridized carbons (Fsp3) is 0.118. The second kappa shape index (κ2) is 6.41. The molecule has 2 heterocycles. The van der Waals surface area contributed by atoms with E-state index in [-0.39, 0.29) is 5.56 Å². The zero-order valence-corrected chi connectivity index (χ0v) is 14.2. The topological polar surface area (TPSA) is 69.5 Å². The van der Waals surface area contributed by atoms with Crippen molar-refractivity contribution in [1.29, 1.82) is 5.26 Å². The summed E-state index contributed by atoms with van der Waals surface area (Å²) < 4.78 is 0. The van der Waals surface area contributed by atoms with Crippen LogP contribution >= 0.6 is 23.1 Å². The first kappa shape index (κ1) is 15.5. The van der Waals surface area contributed by atoms with E-state index in [0.29, 0.717) is 10.9 Å². The summed E-state index contributed by atoms with van der Waals surface area (Å²) >= 11 is 3.02. The van der Waals surface area contributed by atoms with Crippen LogP contribution in [0.25, 0.3) is 21.7 Å². The Bertz CT molecular complexity index is 966. The van der Waals surface area contributed by atoms with E-state index in [1.165, 1.54) is 16.6 Å². The maximum Gasteiger partial charge on any atom is 0.270 e. The van der Waals surface area contributed by atoms with Crippen molar-refractivity contribution in [2.45, 2.75) is 12.1 Å². The molecule has 0 aliphatic carbocycles. The van der Waals surface area contributed by atoms with Crippen molar-refractivity contribution >= 4 is 23.1 Å². The van der Waals surface area contributed by atoms with Crippen LogP contribution in [0.15, 0.2) is 46.3 Å². The van der Waals surface area contributed by atoms with Gasteiger partial charge in [0.05, 0.1) is 5.69 Å². The summed E-state index contributed by atoms with van der Waals surface area (Å²) in [4.78, 5) is 21.5. The third-order valence-corrected chi connectivity index (χ3v) is 5.00. The fourth-order valence-electron chi connectivity index (χ4n) is 2.33. The molecule has 0 saturated carbocycles. The average Bonchev–Trinajstić information content (AvgIpc) is 3.00. The lowest BCUT2D eigenvalue weighted by molar-refractivity contribution is 0.938. The highest BCUT2D eigenvalue weighted by Crippen LogP contribution is 2.36. The van der Waals surface area contributed by atoms with E-state index in [0.717, 1.165) is 16.0 Å². The van der Waals surface area contributed by atoms with Crippen LogP contribution in [0.3, 0.4) is 0 Å². The van der Waals surface area contributed by atoms with Gasteiger partial charge in [-0.3, -0.25) is 4.79 Å². The molecule has 114 valence electrons. The van der Waals surface area contributed by atoms with Gasteiger partial charge < -0.3 is 4.98 Å². The van der Waals surface area contributed by atoms with E-state index in [1.54, 1.807) is 11.3 Å². The predicted octanol–water partition coefficient (Wildman–Crippen LogP) is 4.07. The van der Waals surface area contributed by atoms with Gasteiger partial charge in [0.15, 0.2) is 5.16 Å². The van der Waals surface area contributed by atoms with Crippen LogP contribution in [0.4, 0.5) is 0 Å². The van der Waals surface area contributed by atoms with E-state index >= 15 is 0 Å². The first-order valence-electron chi connectivity index (χ1n) is 6.88. The molecule has 0 atom stereocenters. The van der Waals surface area contributed by atoms with Crippen LogP contribution in [0.2, 0.25) is 0 Å². The number of nitrogens with one attached hydrogen (secondary N) is 1. The number of rotatable bonds is 3. The first-order valence-corrected chi connectivity index (χ1v) is 8.92. The first-order chi connectivity index (χ1) is 11.1. The van der Waals surface area contributed by atoms with Gasteiger partial charge in [0.2, 0.25) is 0 Å². The van der Waals surface area contributed by atoms with E-state index in [1.807, 2.05) is 42.7 Å². The van der Waals surface area contributed by atoms with Gasteiger partial charge in [-0.1, -0.05) is 36.0 Å². The van der Waals surface area contributed by atoms with Gasteiger partial charge in [0.25, 0.3) is 5.56 Å². The van der Waals surface area contributed by atoms with Crippen LogP contribution in [0.1, 0.15) is 10.4 Å². The van der Waals surface area contributed by atoms with E-state index < -0.39 is 5.56 Å². The number of nitriles is 1. The molecule has 0 radical (unpaired) electrons. The summed E-state index contributed by atoms with van der Waals surface area (Å²) in [5.74, 6) is 0. The molecular weight excluding hydrogens is 326 g/mol. The lowest BCUT2D eigenvalue weighted by Gasteiger charge is -2.09. The van der Waals surface area contributed by atoms with Gasteiger partial charge in [-0.2, -0.15) is 5.26 Å². The summed E-state index contributed by atoms with van der Waals surface area (Å²) in [5, 5.41) is 9.88. The number of aromatic nitrogens is 2. The van der Waals surface area contributed by atoms with Crippen LogP contribution in [-0.2, 0) is 0 Å². The molecule has 23 heavy (non-hydrogen) atoms. The lowest BCUT2D eigenvalue weighted by Crippen LogP contribution is -2.14. The zero-order valence-electron chi connectivity index (χ0n) is 12.6. The Morgan fingerprint density at radius 1 is 1.22 bits per heavy atom. The molecule has 0 fully saturated rings. The summed E-state index contributed by atoms with van der Waals surface area (Å²) in [6.07, 6.45) is 1.84. The molecule has 0 bridgehead atoms. The van der Waals surface area contributed by atoms with Gasteiger partial charge in [-0.25, -0.2) is 4.98 Å². The Morgan fingerprint density at radius 3 is 2.57 bits per heavy atom. The Balaban J connectivity index is 2.30. The monoisotopic (exact) mass is 339 g/mol. The summed E-state index contributed by atoms with van der Waals surface area (Å²) in [6, 6.07) is 13.8. The number of aromatic amines is 1. The fourth-order valence-corrected chi connectivity index (χ4v) is 3.62. The van der Waals surface area contributed by atoms with Crippen molar-refractivity contribution in [3.63, 3.8) is 0 Å². The van der Waals surface area contributed by atoms with Crippen molar-refractivity contribution in [1.82, 2.24) is 9.97 Å². The maximum atomic E-state index is 12.1. The molecule has 0 unspecified atom stereocenters. The average molecular weight is 339 g/mol. The Kier molecular flexibility index (Phi) is 4.33.